The first kappa shape index (κ1) is 11.9. The summed E-state index contributed by atoms with van der Waals surface area (Å²) >= 11 is 6.12. The molecule has 0 saturated carbocycles. The number of hydrogen-bond donors (Lipinski definition) is 1. The zero-order valence-electron chi connectivity index (χ0n) is 9.53. The minimum Gasteiger partial charge on any atom is -0.326 e. The van der Waals surface area contributed by atoms with Gasteiger partial charge in [-0.3, -0.25) is 0 Å². The first-order chi connectivity index (χ1) is 7.75. The highest BCUT2D eigenvalue weighted by Gasteiger charge is 2.15. The van der Waals surface area contributed by atoms with Gasteiger partial charge in [-0.05, 0) is 44.0 Å². The van der Waals surface area contributed by atoms with Crippen molar-refractivity contribution >= 4 is 11.6 Å². The molecular weight excluding hydrogens is 220 g/mol. The van der Waals surface area contributed by atoms with Crippen LogP contribution in [0, 0.1) is 0 Å². The first-order valence-electron chi connectivity index (χ1n) is 5.97. The van der Waals surface area contributed by atoms with Crippen molar-refractivity contribution in [1.82, 2.24) is 4.90 Å². The molecule has 16 heavy (non-hydrogen) atoms. The molecule has 0 aromatic heterocycles. The van der Waals surface area contributed by atoms with E-state index in [-0.39, 0.29) is 6.04 Å². The topological polar surface area (TPSA) is 29.3 Å². The Hall–Kier alpha value is -0.570. The van der Waals surface area contributed by atoms with Gasteiger partial charge in [0.05, 0.1) is 0 Å². The van der Waals surface area contributed by atoms with E-state index in [2.05, 4.69) is 11.0 Å². The summed E-state index contributed by atoms with van der Waals surface area (Å²) in [5.74, 6) is 0. The van der Waals surface area contributed by atoms with E-state index in [1.165, 1.54) is 25.9 Å². The van der Waals surface area contributed by atoms with Crippen LogP contribution in [0.25, 0.3) is 0 Å². The Kier molecular flexibility index (Phi) is 4.22. The molecule has 1 fully saturated rings. The molecule has 2 N–H and O–H groups in total. The van der Waals surface area contributed by atoms with E-state index in [4.69, 9.17) is 17.3 Å². The summed E-state index contributed by atoms with van der Waals surface area (Å²) in [5.41, 5.74) is 7.32. The lowest BCUT2D eigenvalue weighted by atomic mass is 10.1. The van der Waals surface area contributed by atoms with E-state index >= 15 is 0 Å². The number of likely N-dealkylation sites (tertiary alicyclic amines) is 1. The van der Waals surface area contributed by atoms with E-state index in [9.17, 15) is 0 Å². The van der Waals surface area contributed by atoms with Crippen LogP contribution >= 0.6 is 11.6 Å². The second-order valence-electron chi connectivity index (χ2n) is 4.56. The van der Waals surface area contributed by atoms with Crippen molar-refractivity contribution in [1.29, 1.82) is 0 Å². The third kappa shape index (κ3) is 3.21. The molecule has 0 aliphatic carbocycles. The third-order valence-corrected chi connectivity index (χ3v) is 3.50. The molecule has 1 aliphatic heterocycles. The molecule has 88 valence electrons. The van der Waals surface area contributed by atoms with Crippen molar-refractivity contribution < 1.29 is 0 Å². The van der Waals surface area contributed by atoms with Gasteiger partial charge in [-0.2, -0.15) is 0 Å². The van der Waals surface area contributed by atoms with Gasteiger partial charge in [-0.25, -0.2) is 0 Å². The van der Waals surface area contributed by atoms with Crippen LogP contribution in [0.5, 0.6) is 0 Å². The summed E-state index contributed by atoms with van der Waals surface area (Å²) in [6.45, 7) is 3.40. The largest absolute Gasteiger partial charge is 0.326 e. The van der Waals surface area contributed by atoms with E-state index in [1.807, 2.05) is 18.2 Å². The first-order valence-corrected chi connectivity index (χ1v) is 6.35. The van der Waals surface area contributed by atoms with Gasteiger partial charge in [-0.15, -0.1) is 0 Å². The van der Waals surface area contributed by atoms with Gasteiger partial charge >= 0.3 is 0 Å². The Balaban J connectivity index is 1.86. The summed E-state index contributed by atoms with van der Waals surface area (Å²) < 4.78 is 0. The van der Waals surface area contributed by atoms with Crippen molar-refractivity contribution in [2.45, 2.75) is 25.3 Å². The smallest absolute Gasteiger partial charge is 0.0438 e. The summed E-state index contributed by atoms with van der Waals surface area (Å²) in [5, 5.41) is 0.833. The predicted molar refractivity (Wildman–Crippen MR) is 68.8 cm³/mol. The van der Waals surface area contributed by atoms with Gasteiger partial charge in [0.15, 0.2) is 0 Å². The minimum atomic E-state index is 0.193. The number of hydrogen-bond acceptors (Lipinski definition) is 2. The zero-order valence-corrected chi connectivity index (χ0v) is 10.3. The highest BCUT2D eigenvalue weighted by atomic mass is 35.5. The standard InChI is InChI=1S/C13H19ClN2/c14-13-6-2-1-5-11(13)9-12(15)10-16-7-3-4-8-16/h1-2,5-6,12H,3-4,7-10,15H2. The number of nitrogens with two attached hydrogens (primary N) is 1. The highest BCUT2D eigenvalue weighted by molar-refractivity contribution is 6.31. The molecule has 1 atom stereocenters. The fraction of sp³-hybridized carbons (Fsp3) is 0.538. The Labute approximate surface area is 102 Å². The number of benzene rings is 1. The Morgan fingerprint density at radius 2 is 1.94 bits per heavy atom. The zero-order chi connectivity index (χ0) is 11.4. The molecule has 1 heterocycles. The average molecular weight is 239 g/mol. The van der Waals surface area contributed by atoms with Crippen molar-refractivity contribution in [3.05, 3.63) is 34.9 Å². The van der Waals surface area contributed by atoms with Crippen molar-refractivity contribution in [2.24, 2.45) is 5.73 Å². The Morgan fingerprint density at radius 1 is 1.25 bits per heavy atom. The van der Waals surface area contributed by atoms with Gasteiger partial charge in [-0.1, -0.05) is 29.8 Å². The summed E-state index contributed by atoms with van der Waals surface area (Å²) in [6, 6.07) is 8.16. The van der Waals surface area contributed by atoms with Crippen molar-refractivity contribution in [2.75, 3.05) is 19.6 Å². The maximum Gasteiger partial charge on any atom is 0.0438 e. The molecule has 2 nitrogen and oxygen atoms in total. The molecular formula is C13H19ClN2. The van der Waals surface area contributed by atoms with Crippen molar-refractivity contribution in [3.8, 4) is 0 Å². The fourth-order valence-electron chi connectivity index (χ4n) is 2.31. The van der Waals surface area contributed by atoms with Crippen molar-refractivity contribution in [3.63, 3.8) is 0 Å². The molecule has 1 aromatic carbocycles. The Morgan fingerprint density at radius 3 is 2.62 bits per heavy atom. The van der Waals surface area contributed by atoms with Crippen LogP contribution in [0.1, 0.15) is 18.4 Å². The van der Waals surface area contributed by atoms with Crippen LogP contribution in [0.2, 0.25) is 5.02 Å². The maximum atomic E-state index is 6.15. The number of halogens is 1. The predicted octanol–water partition coefficient (Wildman–Crippen LogP) is 2.31. The lowest BCUT2D eigenvalue weighted by molar-refractivity contribution is 0.313. The normalized spacial score (nSPS) is 18.9. The Bertz CT molecular complexity index is 334. The van der Waals surface area contributed by atoms with Crippen LogP contribution in [-0.4, -0.2) is 30.6 Å². The number of rotatable bonds is 4. The van der Waals surface area contributed by atoms with Crippen LogP contribution < -0.4 is 5.73 Å². The van der Waals surface area contributed by atoms with Crippen LogP contribution in [-0.2, 0) is 6.42 Å². The summed E-state index contributed by atoms with van der Waals surface area (Å²) in [6.07, 6.45) is 3.51. The number of nitrogens with zero attached hydrogens (tertiary/aromatic N) is 1. The van der Waals surface area contributed by atoms with Crippen LogP contribution in [0.3, 0.4) is 0 Å². The lowest BCUT2D eigenvalue weighted by Gasteiger charge is -2.20. The average Bonchev–Trinajstić information content (AvgIpc) is 2.74. The maximum absolute atomic E-state index is 6.15. The fourth-order valence-corrected chi connectivity index (χ4v) is 2.52. The molecule has 1 aliphatic rings. The molecule has 0 radical (unpaired) electrons. The van der Waals surface area contributed by atoms with Crippen LogP contribution in [0.15, 0.2) is 24.3 Å². The molecule has 3 heteroatoms. The molecule has 0 spiro atoms. The molecule has 1 unspecified atom stereocenters. The molecule has 0 amide bonds. The SMILES string of the molecule is NC(Cc1ccccc1Cl)CN1CCCC1. The van der Waals surface area contributed by atoms with Gasteiger partial charge < -0.3 is 10.6 Å². The second-order valence-corrected chi connectivity index (χ2v) is 4.97. The van der Waals surface area contributed by atoms with Gasteiger partial charge in [0, 0.05) is 17.6 Å². The molecule has 1 aromatic rings. The van der Waals surface area contributed by atoms with Gasteiger partial charge in [0.25, 0.3) is 0 Å². The van der Waals surface area contributed by atoms with Crippen LogP contribution in [0.4, 0.5) is 0 Å². The summed E-state index contributed by atoms with van der Waals surface area (Å²) in [7, 11) is 0. The highest BCUT2D eigenvalue weighted by Crippen LogP contribution is 2.17. The molecule has 2 rings (SSSR count). The third-order valence-electron chi connectivity index (χ3n) is 3.13. The second kappa shape index (κ2) is 5.67. The molecule has 0 bridgehead atoms. The molecule has 1 saturated heterocycles. The van der Waals surface area contributed by atoms with Gasteiger partial charge in [0.2, 0.25) is 0 Å². The van der Waals surface area contributed by atoms with E-state index in [0.29, 0.717) is 0 Å². The lowest BCUT2D eigenvalue weighted by Crippen LogP contribution is -2.37. The monoisotopic (exact) mass is 238 g/mol. The van der Waals surface area contributed by atoms with E-state index in [1.54, 1.807) is 0 Å². The van der Waals surface area contributed by atoms with E-state index < -0.39 is 0 Å². The minimum absolute atomic E-state index is 0.193. The van der Waals surface area contributed by atoms with E-state index in [0.717, 1.165) is 23.6 Å². The quantitative estimate of drug-likeness (QED) is 0.872. The summed E-state index contributed by atoms with van der Waals surface area (Å²) in [4.78, 5) is 2.45. The van der Waals surface area contributed by atoms with Gasteiger partial charge in [0.1, 0.15) is 0 Å².